The second kappa shape index (κ2) is 4.36. The van der Waals surface area contributed by atoms with Crippen LogP contribution in [0.5, 0.6) is 0 Å². The first kappa shape index (κ1) is 9.40. The zero-order valence-electron chi connectivity index (χ0n) is 7.84. The first-order valence-electron chi connectivity index (χ1n) is 4.55. The molecule has 1 nitrogen and oxygen atoms in total. The van der Waals surface area contributed by atoms with E-state index in [-0.39, 0.29) is 0 Å². The monoisotopic (exact) mass is 173 g/mol. The van der Waals surface area contributed by atoms with Gasteiger partial charge in [-0.3, -0.25) is 4.90 Å². The van der Waals surface area contributed by atoms with E-state index in [1.807, 2.05) is 0 Å². The van der Waals surface area contributed by atoms with Crippen molar-refractivity contribution in [3.05, 3.63) is 0 Å². The molecule has 66 valence electrons. The third kappa shape index (κ3) is 2.38. The Kier molecular flexibility index (Phi) is 3.73. The predicted octanol–water partition coefficient (Wildman–Crippen LogP) is 2.22. The smallest absolute Gasteiger partial charge is 0.0186 e. The summed E-state index contributed by atoms with van der Waals surface area (Å²) < 4.78 is 0. The first-order valence-corrected chi connectivity index (χ1v) is 5.70. The Morgan fingerprint density at radius 1 is 1.45 bits per heavy atom. The summed E-state index contributed by atoms with van der Waals surface area (Å²) in [7, 11) is 2.27. The largest absolute Gasteiger partial charge is 0.299 e. The van der Waals surface area contributed by atoms with Crippen molar-refractivity contribution in [3.8, 4) is 0 Å². The molecular formula is C9H19NS. The normalized spacial score (nSPS) is 34.1. The van der Waals surface area contributed by atoms with Gasteiger partial charge in [0.2, 0.25) is 0 Å². The number of thioether (sulfide) groups is 1. The van der Waals surface area contributed by atoms with Crippen LogP contribution in [0, 0.1) is 0 Å². The fraction of sp³-hybridized carbons (Fsp3) is 1.00. The maximum absolute atomic E-state index is 2.54. The number of hydrogen-bond donors (Lipinski definition) is 0. The lowest BCUT2D eigenvalue weighted by molar-refractivity contribution is 0.197. The first-order chi connectivity index (χ1) is 5.25. The molecule has 2 atom stereocenters. The molecule has 0 aromatic carbocycles. The molecule has 0 amide bonds. The van der Waals surface area contributed by atoms with Crippen LogP contribution >= 0.6 is 11.8 Å². The van der Waals surface area contributed by atoms with Gasteiger partial charge in [-0.1, -0.05) is 13.3 Å². The molecule has 2 heteroatoms. The van der Waals surface area contributed by atoms with Gasteiger partial charge in [-0.2, -0.15) is 11.8 Å². The summed E-state index contributed by atoms with van der Waals surface area (Å²) in [5.74, 6) is 2.66. The van der Waals surface area contributed by atoms with Crippen LogP contribution in [0.3, 0.4) is 0 Å². The highest BCUT2D eigenvalue weighted by Crippen LogP contribution is 2.22. The third-order valence-corrected chi connectivity index (χ3v) is 3.90. The minimum absolute atomic E-state index is 0.783. The average molecular weight is 173 g/mol. The van der Waals surface area contributed by atoms with Gasteiger partial charge >= 0.3 is 0 Å². The van der Waals surface area contributed by atoms with Gasteiger partial charge in [0, 0.05) is 23.6 Å². The molecule has 0 aliphatic carbocycles. The minimum Gasteiger partial charge on any atom is -0.299 e. The van der Waals surface area contributed by atoms with E-state index in [1.165, 1.54) is 24.3 Å². The topological polar surface area (TPSA) is 3.24 Å². The summed E-state index contributed by atoms with van der Waals surface area (Å²) in [6.45, 7) is 4.60. The summed E-state index contributed by atoms with van der Waals surface area (Å²) >= 11 is 2.11. The van der Waals surface area contributed by atoms with Gasteiger partial charge in [0.05, 0.1) is 0 Å². The summed E-state index contributed by atoms with van der Waals surface area (Å²) in [5, 5.41) is 0. The van der Waals surface area contributed by atoms with Crippen LogP contribution in [0.15, 0.2) is 0 Å². The van der Waals surface area contributed by atoms with E-state index in [2.05, 4.69) is 37.6 Å². The molecule has 2 unspecified atom stereocenters. The lowest BCUT2D eigenvalue weighted by Gasteiger charge is -2.37. The van der Waals surface area contributed by atoms with Crippen LogP contribution in [0.4, 0.5) is 0 Å². The minimum atomic E-state index is 0.783. The summed E-state index contributed by atoms with van der Waals surface area (Å²) in [4.78, 5) is 2.54. The maximum Gasteiger partial charge on any atom is 0.0186 e. The second-order valence-corrected chi connectivity index (χ2v) is 4.57. The van der Waals surface area contributed by atoms with Gasteiger partial charge in [0.15, 0.2) is 0 Å². The molecule has 1 fully saturated rings. The van der Waals surface area contributed by atoms with E-state index in [1.54, 1.807) is 0 Å². The van der Waals surface area contributed by atoms with Gasteiger partial charge in [0.25, 0.3) is 0 Å². The Labute approximate surface area is 74.5 Å². The highest BCUT2D eigenvalue weighted by molar-refractivity contribution is 7.99. The average Bonchev–Trinajstić information content (AvgIpc) is 1.99. The standard InChI is InChI=1S/C9H19NS/c1-4-5-9-7-11-6-8(2)10(9)3/h8-9H,4-7H2,1-3H3. The molecule has 1 aliphatic rings. The molecule has 0 N–H and O–H groups in total. The fourth-order valence-corrected chi connectivity index (χ4v) is 2.98. The molecular weight excluding hydrogens is 154 g/mol. The molecule has 1 saturated heterocycles. The van der Waals surface area contributed by atoms with Crippen molar-refractivity contribution < 1.29 is 0 Å². The van der Waals surface area contributed by atoms with Gasteiger partial charge < -0.3 is 0 Å². The number of rotatable bonds is 2. The number of hydrogen-bond acceptors (Lipinski definition) is 2. The Bertz CT molecular complexity index is 114. The van der Waals surface area contributed by atoms with Crippen molar-refractivity contribution in [1.29, 1.82) is 0 Å². The molecule has 1 heterocycles. The van der Waals surface area contributed by atoms with Crippen LogP contribution in [-0.2, 0) is 0 Å². The second-order valence-electron chi connectivity index (χ2n) is 3.49. The summed E-state index contributed by atoms with van der Waals surface area (Å²) in [6, 6.07) is 1.62. The molecule has 1 aliphatic heterocycles. The number of nitrogens with zero attached hydrogens (tertiary/aromatic N) is 1. The van der Waals surface area contributed by atoms with Crippen LogP contribution in [0.25, 0.3) is 0 Å². The van der Waals surface area contributed by atoms with Gasteiger partial charge in [-0.15, -0.1) is 0 Å². The fourth-order valence-electron chi connectivity index (χ4n) is 1.59. The van der Waals surface area contributed by atoms with Crippen molar-refractivity contribution >= 4 is 11.8 Å². The van der Waals surface area contributed by atoms with Crippen LogP contribution in [0.2, 0.25) is 0 Å². The Balaban J connectivity index is 2.38. The van der Waals surface area contributed by atoms with Crippen LogP contribution in [0.1, 0.15) is 26.7 Å². The van der Waals surface area contributed by atoms with Gasteiger partial charge in [0.1, 0.15) is 0 Å². The van der Waals surface area contributed by atoms with Crippen molar-refractivity contribution in [2.75, 3.05) is 18.6 Å². The van der Waals surface area contributed by atoms with E-state index in [0.717, 1.165) is 12.1 Å². The molecule has 0 aromatic rings. The van der Waals surface area contributed by atoms with Crippen molar-refractivity contribution in [2.24, 2.45) is 0 Å². The quantitative estimate of drug-likeness (QED) is 0.630. The molecule has 0 saturated carbocycles. The molecule has 0 bridgehead atoms. The molecule has 0 aromatic heterocycles. The van der Waals surface area contributed by atoms with E-state index in [0.29, 0.717) is 0 Å². The van der Waals surface area contributed by atoms with Crippen molar-refractivity contribution in [1.82, 2.24) is 4.90 Å². The maximum atomic E-state index is 2.54. The Morgan fingerprint density at radius 3 is 2.82 bits per heavy atom. The van der Waals surface area contributed by atoms with E-state index in [4.69, 9.17) is 0 Å². The Hall–Kier alpha value is 0.310. The zero-order chi connectivity index (χ0) is 8.27. The van der Waals surface area contributed by atoms with Gasteiger partial charge in [-0.05, 0) is 20.4 Å². The van der Waals surface area contributed by atoms with Gasteiger partial charge in [-0.25, -0.2) is 0 Å². The van der Waals surface area contributed by atoms with E-state index in [9.17, 15) is 0 Å². The highest BCUT2D eigenvalue weighted by atomic mass is 32.2. The summed E-state index contributed by atoms with van der Waals surface area (Å²) in [6.07, 6.45) is 2.69. The molecule has 1 rings (SSSR count). The van der Waals surface area contributed by atoms with Crippen LogP contribution < -0.4 is 0 Å². The molecule has 0 radical (unpaired) electrons. The SMILES string of the molecule is CCCC1CSCC(C)N1C. The summed E-state index contributed by atoms with van der Waals surface area (Å²) in [5.41, 5.74) is 0. The lowest BCUT2D eigenvalue weighted by atomic mass is 10.1. The van der Waals surface area contributed by atoms with E-state index < -0.39 is 0 Å². The van der Waals surface area contributed by atoms with Crippen molar-refractivity contribution in [2.45, 2.75) is 38.8 Å². The predicted molar refractivity (Wildman–Crippen MR) is 53.2 cm³/mol. The van der Waals surface area contributed by atoms with Crippen LogP contribution in [-0.4, -0.2) is 35.5 Å². The molecule has 0 spiro atoms. The Morgan fingerprint density at radius 2 is 2.18 bits per heavy atom. The third-order valence-electron chi connectivity index (χ3n) is 2.56. The lowest BCUT2D eigenvalue weighted by Crippen LogP contribution is -2.45. The van der Waals surface area contributed by atoms with E-state index >= 15 is 0 Å². The molecule has 11 heavy (non-hydrogen) atoms. The van der Waals surface area contributed by atoms with Crippen molar-refractivity contribution in [3.63, 3.8) is 0 Å². The zero-order valence-corrected chi connectivity index (χ0v) is 8.66. The highest BCUT2D eigenvalue weighted by Gasteiger charge is 2.23.